The number of allylic oxidation sites excluding steroid dienone is 5. The first kappa shape index (κ1) is 27.3. The van der Waals surface area contributed by atoms with Gasteiger partial charge in [0.15, 0.2) is 5.78 Å². The van der Waals surface area contributed by atoms with Gasteiger partial charge in [-0.3, -0.25) is 14.1 Å². The van der Waals surface area contributed by atoms with E-state index < -0.39 is 29.6 Å². The predicted octanol–water partition coefficient (Wildman–Crippen LogP) is 5.84. The molecule has 1 aliphatic carbocycles. The summed E-state index contributed by atoms with van der Waals surface area (Å²) < 4.78 is 11.9. The van der Waals surface area contributed by atoms with Crippen molar-refractivity contribution >= 4 is 23.4 Å². The van der Waals surface area contributed by atoms with Crippen molar-refractivity contribution in [2.75, 3.05) is 14.1 Å². The van der Waals surface area contributed by atoms with Crippen LogP contribution in [0.3, 0.4) is 0 Å². The molecule has 0 saturated carbocycles. The number of carbonyl (C=O) groups is 3. The number of ether oxygens (including phenoxy) is 2. The number of rotatable bonds is 8. The third-order valence-electron chi connectivity index (χ3n) is 6.86. The minimum absolute atomic E-state index is 0.0146. The Morgan fingerprint density at radius 2 is 1.86 bits per heavy atom. The standard InChI is InChI=1S/C30H38NO5/c1-7-17-31(5,6)24-13-11-23(12-14-24)29(34)35-25-15-16-26(32)30(19-25)20-28(33)36-27(30)18-22(4)10-8-9-21(2)3/h7,9,11-18,25,27H,8,10,19-20H2,1-6H3/q+1/b17-7+,22-18+/t25-,27-,30?/m1/s1. The number of hydrogen-bond acceptors (Lipinski definition) is 5. The number of quaternary nitrogens is 1. The fraction of sp³-hybridized carbons (Fsp3) is 0.433. The highest BCUT2D eigenvalue weighted by atomic mass is 16.6. The predicted molar refractivity (Wildman–Crippen MR) is 142 cm³/mol. The van der Waals surface area contributed by atoms with E-state index in [1.54, 1.807) is 18.2 Å². The molecule has 1 aromatic carbocycles. The van der Waals surface area contributed by atoms with Gasteiger partial charge < -0.3 is 9.47 Å². The van der Waals surface area contributed by atoms with Crippen molar-refractivity contribution in [2.24, 2.45) is 5.41 Å². The lowest BCUT2D eigenvalue weighted by atomic mass is 9.69. The third-order valence-corrected chi connectivity index (χ3v) is 6.86. The van der Waals surface area contributed by atoms with Gasteiger partial charge in [-0.15, -0.1) is 0 Å². The van der Waals surface area contributed by atoms with Gasteiger partial charge in [0.1, 0.15) is 17.9 Å². The summed E-state index contributed by atoms with van der Waals surface area (Å²) in [5, 5.41) is 0. The van der Waals surface area contributed by atoms with E-state index in [-0.39, 0.29) is 18.6 Å². The van der Waals surface area contributed by atoms with Crippen LogP contribution in [-0.4, -0.2) is 44.0 Å². The molecule has 1 heterocycles. The Balaban J connectivity index is 1.74. The molecule has 2 aliphatic rings. The highest BCUT2D eigenvalue weighted by Gasteiger charge is 2.55. The van der Waals surface area contributed by atoms with Gasteiger partial charge in [0.2, 0.25) is 0 Å². The van der Waals surface area contributed by atoms with Crippen LogP contribution in [0.15, 0.2) is 72.0 Å². The number of hydrogen-bond donors (Lipinski definition) is 0. The SMILES string of the molecule is C/C=C/[N+](C)(C)c1ccc(C(=O)O[C@@H]2C=CC(=O)C3(CC(=O)O[C@@H]3/C=C(\C)CCC=C(C)C)C2)cc1. The van der Waals surface area contributed by atoms with Crippen LogP contribution >= 0.6 is 0 Å². The summed E-state index contributed by atoms with van der Waals surface area (Å²) in [6.07, 6.45) is 11.7. The lowest BCUT2D eigenvalue weighted by Gasteiger charge is -2.34. The van der Waals surface area contributed by atoms with E-state index in [0.717, 1.165) is 24.1 Å². The van der Waals surface area contributed by atoms with Gasteiger partial charge in [-0.05, 0) is 77.0 Å². The van der Waals surface area contributed by atoms with Crippen LogP contribution in [0.4, 0.5) is 5.69 Å². The van der Waals surface area contributed by atoms with Gasteiger partial charge in [-0.25, -0.2) is 4.79 Å². The Bertz CT molecular complexity index is 1120. The smallest absolute Gasteiger partial charge is 0.338 e. The molecule has 1 spiro atoms. The molecular weight excluding hydrogens is 454 g/mol. The minimum atomic E-state index is -1.05. The Kier molecular flexibility index (Phi) is 8.51. The maximum Gasteiger partial charge on any atom is 0.338 e. The second kappa shape index (κ2) is 11.2. The monoisotopic (exact) mass is 492 g/mol. The molecule has 1 aromatic rings. The lowest BCUT2D eigenvalue weighted by molar-refractivity contribution is -0.140. The maximum atomic E-state index is 13.0. The van der Waals surface area contributed by atoms with Gasteiger partial charge in [0.25, 0.3) is 0 Å². The second-order valence-corrected chi connectivity index (χ2v) is 10.5. The van der Waals surface area contributed by atoms with Crippen LogP contribution < -0.4 is 4.48 Å². The lowest BCUT2D eigenvalue weighted by Crippen LogP contribution is -2.43. The first-order valence-electron chi connectivity index (χ1n) is 12.5. The average molecular weight is 493 g/mol. The largest absolute Gasteiger partial charge is 0.457 e. The number of benzene rings is 1. The molecule has 0 N–H and O–H groups in total. The number of nitrogens with zero attached hydrogens (tertiary/aromatic N) is 1. The minimum Gasteiger partial charge on any atom is -0.457 e. The van der Waals surface area contributed by atoms with E-state index in [2.05, 4.69) is 40.2 Å². The Labute approximate surface area is 214 Å². The normalized spacial score (nSPS) is 24.3. The van der Waals surface area contributed by atoms with Crippen LogP contribution in [0, 0.1) is 5.41 Å². The highest BCUT2D eigenvalue weighted by Crippen LogP contribution is 2.45. The molecule has 1 saturated heterocycles. The quantitative estimate of drug-likeness (QED) is 0.259. The van der Waals surface area contributed by atoms with E-state index >= 15 is 0 Å². The number of ketones is 1. The van der Waals surface area contributed by atoms with Crippen molar-refractivity contribution < 1.29 is 23.9 Å². The molecule has 1 fully saturated rings. The van der Waals surface area contributed by atoms with Crippen LogP contribution in [0.2, 0.25) is 0 Å². The van der Waals surface area contributed by atoms with Gasteiger partial charge in [-0.2, -0.15) is 0 Å². The summed E-state index contributed by atoms with van der Waals surface area (Å²) in [7, 11) is 4.10. The molecule has 36 heavy (non-hydrogen) atoms. The molecule has 6 heteroatoms. The molecule has 6 nitrogen and oxygen atoms in total. The molecule has 1 unspecified atom stereocenters. The molecule has 0 amide bonds. The number of cyclic esters (lactones) is 1. The zero-order valence-electron chi connectivity index (χ0n) is 22.2. The first-order chi connectivity index (χ1) is 17.0. The maximum absolute atomic E-state index is 13.0. The van der Waals surface area contributed by atoms with E-state index in [9.17, 15) is 14.4 Å². The van der Waals surface area contributed by atoms with E-state index in [0.29, 0.717) is 10.0 Å². The zero-order chi connectivity index (χ0) is 26.5. The van der Waals surface area contributed by atoms with Gasteiger partial charge in [-0.1, -0.05) is 17.2 Å². The molecular formula is C30H38NO5+. The van der Waals surface area contributed by atoms with Crippen LogP contribution in [0.5, 0.6) is 0 Å². The zero-order valence-corrected chi connectivity index (χ0v) is 22.2. The molecule has 3 rings (SSSR count). The highest BCUT2D eigenvalue weighted by molar-refractivity contribution is 6.00. The van der Waals surface area contributed by atoms with Crippen molar-refractivity contribution in [1.29, 1.82) is 0 Å². The van der Waals surface area contributed by atoms with E-state index in [1.165, 1.54) is 11.6 Å². The molecule has 3 atom stereocenters. The van der Waals surface area contributed by atoms with Crippen LogP contribution in [-0.2, 0) is 19.1 Å². The van der Waals surface area contributed by atoms with Gasteiger partial charge >= 0.3 is 11.9 Å². The molecule has 0 bridgehead atoms. The van der Waals surface area contributed by atoms with Crippen LogP contribution in [0.25, 0.3) is 0 Å². The molecule has 1 aliphatic heterocycles. The topological polar surface area (TPSA) is 69.7 Å². The summed E-state index contributed by atoms with van der Waals surface area (Å²) in [5.41, 5.74) is 2.72. The first-order valence-corrected chi connectivity index (χ1v) is 12.5. The van der Waals surface area contributed by atoms with Crippen molar-refractivity contribution in [2.45, 2.75) is 65.6 Å². The Hall–Kier alpha value is -3.25. The van der Waals surface area contributed by atoms with Crippen molar-refractivity contribution in [3.05, 3.63) is 77.6 Å². The Morgan fingerprint density at radius 3 is 2.50 bits per heavy atom. The van der Waals surface area contributed by atoms with Crippen LogP contribution in [0.1, 0.15) is 63.7 Å². The third kappa shape index (κ3) is 6.30. The van der Waals surface area contributed by atoms with Crippen molar-refractivity contribution in [3.63, 3.8) is 0 Å². The summed E-state index contributed by atoms with van der Waals surface area (Å²) in [6, 6.07) is 7.30. The van der Waals surface area contributed by atoms with Crippen molar-refractivity contribution in [1.82, 2.24) is 4.48 Å². The molecule has 192 valence electrons. The van der Waals surface area contributed by atoms with E-state index in [1.807, 2.05) is 38.1 Å². The average Bonchev–Trinajstić information content (AvgIpc) is 3.11. The summed E-state index contributed by atoms with van der Waals surface area (Å²) in [4.78, 5) is 38.3. The van der Waals surface area contributed by atoms with Crippen molar-refractivity contribution in [3.8, 4) is 0 Å². The molecule has 0 aromatic heterocycles. The summed E-state index contributed by atoms with van der Waals surface area (Å²) in [5.74, 6) is -1.03. The fourth-order valence-corrected chi connectivity index (χ4v) is 4.81. The number of carbonyl (C=O) groups excluding carboxylic acids is 3. The van der Waals surface area contributed by atoms with Gasteiger partial charge in [0.05, 0.1) is 37.7 Å². The van der Waals surface area contributed by atoms with Gasteiger partial charge in [0, 0.05) is 18.6 Å². The second-order valence-electron chi connectivity index (χ2n) is 10.5. The summed E-state index contributed by atoms with van der Waals surface area (Å²) in [6.45, 7) is 8.06. The fourth-order valence-electron chi connectivity index (χ4n) is 4.81. The number of esters is 2. The van der Waals surface area contributed by atoms with E-state index in [4.69, 9.17) is 9.47 Å². The molecule has 0 radical (unpaired) electrons. The Morgan fingerprint density at radius 1 is 1.17 bits per heavy atom. The summed E-state index contributed by atoms with van der Waals surface area (Å²) >= 11 is 0.